The van der Waals surface area contributed by atoms with Gasteiger partial charge in [-0.2, -0.15) is 0 Å². The van der Waals surface area contributed by atoms with E-state index in [-0.39, 0.29) is 17.9 Å². The van der Waals surface area contributed by atoms with Gasteiger partial charge in [-0.05, 0) is 68.5 Å². The summed E-state index contributed by atoms with van der Waals surface area (Å²) in [5.74, 6) is 0.837. The van der Waals surface area contributed by atoms with Crippen LogP contribution in [0.25, 0.3) is 0 Å². The van der Waals surface area contributed by atoms with Crippen molar-refractivity contribution in [3.05, 3.63) is 51.2 Å². The molecule has 162 valence electrons. The molecule has 0 unspecified atom stereocenters. The van der Waals surface area contributed by atoms with Gasteiger partial charge in [-0.1, -0.05) is 20.3 Å². The molecule has 0 saturated carbocycles. The van der Waals surface area contributed by atoms with Gasteiger partial charge < -0.3 is 15.0 Å². The molecule has 1 aromatic heterocycles. The molecule has 0 spiro atoms. The minimum absolute atomic E-state index is 0.0216. The van der Waals surface area contributed by atoms with E-state index in [0.717, 1.165) is 42.7 Å². The largest absolute Gasteiger partial charge is 0.494 e. The van der Waals surface area contributed by atoms with Gasteiger partial charge in [0.25, 0.3) is 11.8 Å². The third-order valence-electron chi connectivity index (χ3n) is 5.51. The first-order valence-corrected chi connectivity index (χ1v) is 11.8. The summed E-state index contributed by atoms with van der Waals surface area (Å²) in [5.41, 5.74) is 1.97. The Balaban J connectivity index is 1.52. The van der Waals surface area contributed by atoms with E-state index >= 15 is 0 Å². The van der Waals surface area contributed by atoms with Gasteiger partial charge in [0, 0.05) is 29.6 Å². The Hall–Kier alpha value is -2.34. The number of aryl methyl sites for hydroxylation is 2. The molecule has 1 aliphatic heterocycles. The number of carbonyl (C=O) groups is 2. The predicted octanol–water partition coefficient (Wildman–Crippen LogP) is 4.70. The highest BCUT2D eigenvalue weighted by molar-refractivity contribution is 7.14. The fraction of sp³-hybridized carbons (Fsp3) is 0.500. The first-order valence-electron chi connectivity index (χ1n) is 11.0. The lowest BCUT2D eigenvalue weighted by Gasteiger charge is -2.32. The van der Waals surface area contributed by atoms with Crippen LogP contribution in [0.5, 0.6) is 5.75 Å². The summed E-state index contributed by atoms with van der Waals surface area (Å²) in [7, 11) is 0. The van der Waals surface area contributed by atoms with Crippen molar-refractivity contribution in [1.29, 1.82) is 0 Å². The van der Waals surface area contributed by atoms with E-state index in [1.54, 1.807) is 11.3 Å². The molecule has 5 nitrogen and oxygen atoms in total. The fourth-order valence-corrected chi connectivity index (χ4v) is 5.10. The number of nitrogens with one attached hydrogen (secondary N) is 1. The van der Waals surface area contributed by atoms with Gasteiger partial charge >= 0.3 is 0 Å². The minimum atomic E-state index is 0.0216. The third-order valence-corrected chi connectivity index (χ3v) is 6.74. The van der Waals surface area contributed by atoms with E-state index in [2.05, 4.69) is 25.2 Å². The first-order chi connectivity index (χ1) is 14.5. The average molecular weight is 429 g/mol. The van der Waals surface area contributed by atoms with Gasteiger partial charge in [0.15, 0.2) is 0 Å². The van der Waals surface area contributed by atoms with Crippen LogP contribution < -0.4 is 10.1 Å². The predicted molar refractivity (Wildman–Crippen MR) is 122 cm³/mol. The lowest BCUT2D eigenvalue weighted by Crippen LogP contribution is -2.46. The number of hydrogen-bond donors (Lipinski definition) is 1. The molecule has 3 rings (SSSR count). The van der Waals surface area contributed by atoms with Crippen LogP contribution in [-0.4, -0.2) is 42.5 Å². The van der Waals surface area contributed by atoms with Crippen molar-refractivity contribution in [1.82, 2.24) is 10.2 Å². The zero-order valence-electron chi connectivity index (χ0n) is 18.2. The summed E-state index contributed by atoms with van der Waals surface area (Å²) in [6, 6.07) is 9.47. The molecule has 1 fully saturated rings. The maximum atomic E-state index is 12.8. The molecule has 2 amide bonds. The highest BCUT2D eigenvalue weighted by atomic mass is 32.1. The minimum Gasteiger partial charge on any atom is -0.494 e. The van der Waals surface area contributed by atoms with E-state index in [1.165, 1.54) is 10.4 Å². The summed E-state index contributed by atoms with van der Waals surface area (Å²) in [6.45, 7) is 8.16. The fourth-order valence-electron chi connectivity index (χ4n) is 3.84. The number of nitrogens with zero attached hydrogens (tertiary/aromatic N) is 1. The van der Waals surface area contributed by atoms with Crippen molar-refractivity contribution in [2.45, 2.75) is 58.9 Å². The van der Waals surface area contributed by atoms with Crippen molar-refractivity contribution in [2.75, 3.05) is 19.7 Å². The standard InChI is InChI=1S/C24H32N2O3S/c1-4-7-21-17(5-2)16-22(30-21)23(27)25-19-12-14-26(15-13-19)24(28)18-8-10-20(11-9-18)29-6-3/h8-11,16,19H,4-7,12-15H2,1-3H3,(H,25,27). The highest BCUT2D eigenvalue weighted by Gasteiger charge is 2.25. The lowest BCUT2D eigenvalue weighted by atomic mass is 10.0. The van der Waals surface area contributed by atoms with Crippen molar-refractivity contribution in [2.24, 2.45) is 0 Å². The molecule has 2 heterocycles. The van der Waals surface area contributed by atoms with Gasteiger partial charge in [0.2, 0.25) is 0 Å². The summed E-state index contributed by atoms with van der Waals surface area (Å²) in [5, 5.41) is 3.18. The van der Waals surface area contributed by atoms with Gasteiger partial charge in [-0.25, -0.2) is 0 Å². The number of thiophene rings is 1. The van der Waals surface area contributed by atoms with Crippen LogP contribution in [0.2, 0.25) is 0 Å². The molecule has 1 saturated heterocycles. The van der Waals surface area contributed by atoms with Crippen molar-refractivity contribution in [3.63, 3.8) is 0 Å². The van der Waals surface area contributed by atoms with Gasteiger partial charge in [0.05, 0.1) is 11.5 Å². The quantitative estimate of drug-likeness (QED) is 0.663. The van der Waals surface area contributed by atoms with E-state index < -0.39 is 0 Å². The summed E-state index contributed by atoms with van der Waals surface area (Å²) in [6.07, 6.45) is 4.65. The van der Waals surface area contributed by atoms with Crippen LogP contribution in [0.15, 0.2) is 30.3 Å². The maximum absolute atomic E-state index is 12.8. The zero-order chi connectivity index (χ0) is 21.5. The van der Waals surface area contributed by atoms with E-state index in [0.29, 0.717) is 25.3 Å². The van der Waals surface area contributed by atoms with E-state index in [1.807, 2.05) is 36.1 Å². The second-order valence-corrected chi connectivity index (χ2v) is 8.80. The molecular formula is C24H32N2O3S. The molecule has 0 bridgehead atoms. The third kappa shape index (κ3) is 5.42. The Kier molecular flexibility index (Phi) is 7.91. The summed E-state index contributed by atoms with van der Waals surface area (Å²) >= 11 is 1.63. The second-order valence-electron chi connectivity index (χ2n) is 7.66. The molecule has 2 aromatic rings. The monoisotopic (exact) mass is 428 g/mol. The summed E-state index contributed by atoms with van der Waals surface area (Å²) < 4.78 is 5.44. The van der Waals surface area contributed by atoms with Crippen molar-refractivity contribution < 1.29 is 14.3 Å². The van der Waals surface area contributed by atoms with Crippen LogP contribution in [-0.2, 0) is 12.8 Å². The molecule has 0 atom stereocenters. The molecule has 0 aliphatic carbocycles. The Bertz CT molecular complexity index is 852. The SMILES string of the molecule is CCCc1sc(C(=O)NC2CCN(C(=O)c3ccc(OCC)cc3)CC2)cc1CC. The average Bonchev–Trinajstić information content (AvgIpc) is 3.18. The number of amides is 2. The Labute approximate surface area is 183 Å². The van der Waals surface area contributed by atoms with Gasteiger partial charge in [-0.3, -0.25) is 9.59 Å². The highest BCUT2D eigenvalue weighted by Crippen LogP contribution is 2.25. The number of carbonyl (C=O) groups excluding carboxylic acids is 2. The molecule has 1 aliphatic rings. The first kappa shape index (κ1) is 22.3. The number of hydrogen-bond acceptors (Lipinski definition) is 4. The lowest BCUT2D eigenvalue weighted by molar-refractivity contribution is 0.0698. The van der Waals surface area contributed by atoms with Crippen molar-refractivity contribution >= 4 is 23.2 Å². The maximum Gasteiger partial charge on any atom is 0.261 e. The number of piperidine rings is 1. The normalized spacial score (nSPS) is 14.6. The molecule has 30 heavy (non-hydrogen) atoms. The van der Waals surface area contributed by atoms with Crippen LogP contribution >= 0.6 is 11.3 Å². The van der Waals surface area contributed by atoms with E-state index in [9.17, 15) is 9.59 Å². The van der Waals surface area contributed by atoms with Crippen molar-refractivity contribution in [3.8, 4) is 5.75 Å². The van der Waals surface area contributed by atoms with E-state index in [4.69, 9.17) is 4.74 Å². The topological polar surface area (TPSA) is 58.6 Å². The molecular weight excluding hydrogens is 396 g/mol. The second kappa shape index (κ2) is 10.6. The van der Waals surface area contributed by atoms with Crippen LogP contribution in [0, 0.1) is 0 Å². The Morgan fingerprint density at radius 1 is 1.13 bits per heavy atom. The number of ether oxygens (including phenoxy) is 1. The van der Waals surface area contributed by atoms with Gasteiger partial charge in [0.1, 0.15) is 5.75 Å². The smallest absolute Gasteiger partial charge is 0.261 e. The molecule has 6 heteroatoms. The molecule has 1 aromatic carbocycles. The molecule has 0 radical (unpaired) electrons. The van der Waals surface area contributed by atoms with Crippen LogP contribution in [0.1, 0.15) is 70.5 Å². The number of benzene rings is 1. The van der Waals surface area contributed by atoms with Crippen LogP contribution in [0.4, 0.5) is 0 Å². The number of likely N-dealkylation sites (tertiary alicyclic amines) is 1. The molecule has 1 N–H and O–H groups in total. The van der Waals surface area contributed by atoms with Crippen LogP contribution in [0.3, 0.4) is 0 Å². The zero-order valence-corrected chi connectivity index (χ0v) is 19.0. The summed E-state index contributed by atoms with van der Waals surface area (Å²) in [4.78, 5) is 29.5. The Morgan fingerprint density at radius 2 is 1.83 bits per heavy atom. The van der Waals surface area contributed by atoms with Gasteiger partial charge in [-0.15, -0.1) is 11.3 Å². The number of rotatable bonds is 8. The Morgan fingerprint density at radius 3 is 2.43 bits per heavy atom.